The summed E-state index contributed by atoms with van der Waals surface area (Å²) in [5.74, 6) is 0.795. The third-order valence-electron chi connectivity index (χ3n) is 5.07. The van der Waals surface area contributed by atoms with E-state index in [0.717, 1.165) is 15.9 Å². The Labute approximate surface area is 193 Å². The molecule has 0 aromatic heterocycles. The van der Waals surface area contributed by atoms with Crippen molar-refractivity contribution < 1.29 is 4.21 Å². The Morgan fingerprint density at radius 2 is 1.16 bits per heavy atom. The van der Waals surface area contributed by atoms with Gasteiger partial charge in [-0.25, -0.2) is 4.21 Å². The van der Waals surface area contributed by atoms with Gasteiger partial charge in [0.2, 0.25) is 0 Å². The highest BCUT2D eigenvalue weighted by Gasteiger charge is 2.21. The molecule has 0 bridgehead atoms. The van der Waals surface area contributed by atoms with Crippen LogP contribution in [0.15, 0.2) is 125 Å². The van der Waals surface area contributed by atoms with E-state index in [1.54, 1.807) is 0 Å². The predicted molar refractivity (Wildman–Crippen MR) is 140 cm³/mol. The van der Waals surface area contributed by atoms with Gasteiger partial charge < -0.3 is 0 Å². The van der Waals surface area contributed by atoms with Crippen LogP contribution in [0.5, 0.6) is 0 Å². The molecule has 4 heteroatoms. The Balaban J connectivity index is 1.94. The molecule has 0 aliphatic heterocycles. The van der Waals surface area contributed by atoms with Crippen molar-refractivity contribution >= 4 is 39.3 Å². The van der Waals surface area contributed by atoms with Gasteiger partial charge in [-0.3, -0.25) is 0 Å². The highest BCUT2D eigenvalue weighted by molar-refractivity contribution is 7.93. The second-order valence-electron chi connectivity index (χ2n) is 8.10. The lowest BCUT2D eigenvalue weighted by Crippen LogP contribution is -2.21. The maximum atomic E-state index is 14.3. The Hall–Kier alpha value is -2.74. The highest BCUT2D eigenvalue weighted by atomic mass is 32.2. The topological polar surface area (TPSA) is 29.4 Å². The van der Waals surface area contributed by atoms with E-state index in [2.05, 4.69) is 74.5 Å². The van der Waals surface area contributed by atoms with Crippen LogP contribution in [-0.2, 0) is 9.73 Å². The molecule has 0 spiro atoms. The summed E-state index contributed by atoms with van der Waals surface area (Å²) in [6.45, 7) is 4.20. The minimum absolute atomic E-state index is 0.267. The molecule has 0 aliphatic rings. The van der Waals surface area contributed by atoms with E-state index in [1.807, 2.05) is 54.6 Å². The van der Waals surface area contributed by atoms with Crippen molar-refractivity contribution in [3.8, 4) is 0 Å². The van der Waals surface area contributed by atoms with Crippen molar-refractivity contribution in [2.24, 2.45) is 10.3 Å². The van der Waals surface area contributed by atoms with Crippen LogP contribution < -0.4 is 15.9 Å². The zero-order valence-corrected chi connectivity index (χ0v) is 20.2. The molecular formula is C28H28NOPS. The molecule has 0 saturated carbocycles. The van der Waals surface area contributed by atoms with E-state index < -0.39 is 17.7 Å². The van der Waals surface area contributed by atoms with Gasteiger partial charge in [-0.2, -0.15) is 4.36 Å². The molecule has 32 heavy (non-hydrogen) atoms. The highest BCUT2D eigenvalue weighted by Crippen LogP contribution is 2.37. The molecule has 0 unspecified atom stereocenters. The molecule has 4 aromatic carbocycles. The average Bonchev–Trinajstić information content (AvgIpc) is 2.82. The van der Waals surface area contributed by atoms with Gasteiger partial charge in [-0.05, 0) is 42.6 Å². The second kappa shape index (κ2) is 10.3. The number of benzene rings is 4. The monoisotopic (exact) mass is 457 g/mol. The summed E-state index contributed by atoms with van der Waals surface area (Å²) < 4.78 is 19.3. The molecule has 0 amide bonds. The van der Waals surface area contributed by atoms with Crippen molar-refractivity contribution in [1.29, 1.82) is 0 Å². The number of hydrogen-bond donors (Lipinski definition) is 0. The van der Waals surface area contributed by atoms with Crippen LogP contribution in [0.2, 0.25) is 0 Å². The Kier molecular flexibility index (Phi) is 7.19. The molecule has 4 rings (SSSR count). The fourth-order valence-electron chi connectivity index (χ4n) is 3.74. The van der Waals surface area contributed by atoms with Crippen LogP contribution in [0.4, 0.5) is 5.69 Å². The summed E-state index contributed by atoms with van der Waals surface area (Å²) in [5.41, 5.74) is 0.820. The summed E-state index contributed by atoms with van der Waals surface area (Å²) in [7, 11) is -3.43. The number of rotatable bonds is 7. The van der Waals surface area contributed by atoms with Crippen LogP contribution in [0.1, 0.15) is 13.8 Å². The first-order valence-corrected chi connectivity index (χ1v) is 13.9. The Morgan fingerprint density at radius 1 is 0.688 bits per heavy atom. The smallest absolute Gasteiger partial charge is 0.0817 e. The minimum Gasteiger partial charge on any atom is -0.244 e. The first-order valence-electron chi connectivity index (χ1n) is 10.9. The zero-order chi connectivity index (χ0) is 22.4. The summed E-state index contributed by atoms with van der Waals surface area (Å²) in [5, 5.41) is 3.64. The van der Waals surface area contributed by atoms with Crippen LogP contribution >= 0.6 is 7.92 Å². The largest absolute Gasteiger partial charge is 0.244 e. The van der Waals surface area contributed by atoms with Gasteiger partial charge in [0.05, 0.1) is 15.4 Å². The molecule has 0 radical (unpaired) electrons. The lowest BCUT2D eigenvalue weighted by atomic mass is 10.3. The number of hydrogen-bond acceptors (Lipinski definition) is 2. The van der Waals surface area contributed by atoms with E-state index in [4.69, 9.17) is 4.36 Å². The third kappa shape index (κ3) is 5.18. The van der Waals surface area contributed by atoms with E-state index in [-0.39, 0.29) is 5.92 Å². The predicted octanol–water partition coefficient (Wildman–Crippen LogP) is 6.26. The normalized spacial score (nSPS) is 13.1. The average molecular weight is 458 g/mol. The van der Waals surface area contributed by atoms with Crippen molar-refractivity contribution in [3.63, 3.8) is 0 Å². The third-order valence-corrected chi connectivity index (χ3v) is 10.2. The SMILES string of the molecule is CC(C)C[S@](=O)(=Nc1ccccc1P(c1ccccc1)c1ccccc1)c1ccccc1. The summed E-state index contributed by atoms with van der Waals surface area (Å²) in [6, 6.07) is 39.1. The molecule has 4 aromatic rings. The van der Waals surface area contributed by atoms with Crippen LogP contribution in [0.3, 0.4) is 0 Å². The molecule has 0 fully saturated rings. The fraction of sp³-hybridized carbons (Fsp3) is 0.143. The van der Waals surface area contributed by atoms with Crippen molar-refractivity contribution in [3.05, 3.63) is 115 Å². The van der Waals surface area contributed by atoms with Crippen LogP contribution in [0.25, 0.3) is 0 Å². The maximum absolute atomic E-state index is 14.3. The molecule has 0 saturated heterocycles. The molecule has 0 heterocycles. The quantitative estimate of drug-likeness (QED) is 0.301. The second-order valence-corrected chi connectivity index (χ2v) is 12.6. The van der Waals surface area contributed by atoms with E-state index >= 15 is 0 Å². The minimum atomic E-state index is -2.61. The summed E-state index contributed by atoms with van der Waals surface area (Å²) in [4.78, 5) is 0.798. The van der Waals surface area contributed by atoms with Gasteiger partial charge in [0.25, 0.3) is 0 Å². The standard InChI is InChI=1S/C28H28NOPS/c1-23(2)22-32(30,26-18-10-5-11-19-26)29-27-20-12-13-21-28(27)31(24-14-6-3-7-15-24)25-16-8-4-9-17-25/h3-21,23H,22H2,1-2H3/t32-/m1/s1. The van der Waals surface area contributed by atoms with E-state index in [1.165, 1.54) is 10.6 Å². The van der Waals surface area contributed by atoms with Crippen LogP contribution in [0, 0.1) is 5.92 Å². The van der Waals surface area contributed by atoms with Crippen molar-refractivity contribution in [1.82, 2.24) is 0 Å². The van der Waals surface area contributed by atoms with Gasteiger partial charge in [-0.15, -0.1) is 0 Å². The van der Waals surface area contributed by atoms with Gasteiger partial charge >= 0.3 is 0 Å². The van der Waals surface area contributed by atoms with Gasteiger partial charge in [-0.1, -0.05) is 111 Å². The lowest BCUT2D eigenvalue weighted by Gasteiger charge is -2.21. The maximum Gasteiger partial charge on any atom is 0.0817 e. The van der Waals surface area contributed by atoms with Gasteiger partial charge in [0, 0.05) is 16.0 Å². The van der Waals surface area contributed by atoms with Gasteiger partial charge in [0.15, 0.2) is 0 Å². The molecule has 1 atom stereocenters. The molecule has 0 aliphatic carbocycles. The summed E-state index contributed by atoms with van der Waals surface area (Å²) in [6.07, 6.45) is 0. The fourth-order valence-corrected chi connectivity index (χ4v) is 8.53. The molecular weight excluding hydrogens is 429 g/mol. The molecule has 162 valence electrons. The number of nitrogens with zero attached hydrogens (tertiary/aromatic N) is 1. The first-order chi connectivity index (χ1) is 15.6. The van der Waals surface area contributed by atoms with Crippen molar-refractivity contribution in [2.75, 3.05) is 5.75 Å². The van der Waals surface area contributed by atoms with Crippen molar-refractivity contribution in [2.45, 2.75) is 18.7 Å². The lowest BCUT2D eigenvalue weighted by molar-refractivity contribution is 0.658. The van der Waals surface area contributed by atoms with E-state index in [0.29, 0.717) is 5.75 Å². The molecule has 0 N–H and O–H groups in total. The summed E-state index contributed by atoms with van der Waals surface area (Å²) >= 11 is 0. The zero-order valence-electron chi connectivity index (χ0n) is 18.5. The van der Waals surface area contributed by atoms with E-state index in [9.17, 15) is 4.21 Å². The first kappa shape index (κ1) is 22.5. The van der Waals surface area contributed by atoms with Crippen LogP contribution in [-0.4, -0.2) is 9.96 Å². The Morgan fingerprint density at radius 3 is 1.69 bits per heavy atom. The molecule has 2 nitrogen and oxygen atoms in total. The Bertz CT molecular complexity index is 1230. The van der Waals surface area contributed by atoms with Gasteiger partial charge in [0.1, 0.15) is 0 Å².